The normalized spacial score (nSPS) is 13.8. The van der Waals surface area contributed by atoms with Gasteiger partial charge in [-0.1, -0.05) is 0 Å². The number of oxazole rings is 1. The predicted molar refractivity (Wildman–Crippen MR) is 112 cm³/mol. The molecule has 1 atom stereocenters. The summed E-state index contributed by atoms with van der Waals surface area (Å²) in [4.78, 5) is 39.3. The Labute approximate surface area is 187 Å². The lowest BCUT2D eigenvalue weighted by molar-refractivity contribution is -0.115. The molecule has 0 radical (unpaired) electrons. The number of nitrogens with one attached hydrogen (secondary N) is 1. The van der Waals surface area contributed by atoms with Gasteiger partial charge in [0, 0.05) is 29.1 Å². The molecule has 0 saturated carbocycles. The average molecular weight is 457 g/mol. The number of halogens is 2. The molecule has 4 heterocycles. The SMILES string of the molecule is Cc1cc(C(C)N2Cc3c(ccnc3NC(=O)Cc3ncco3)C2=O)cnc1OCC(F)F. The number of carbonyl (C=O) groups is 2. The number of aryl methyl sites for hydroxylation is 1. The largest absolute Gasteiger partial charge is 0.471 e. The van der Waals surface area contributed by atoms with Crippen LogP contribution in [0.25, 0.3) is 0 Å². The fraction of sp³-hybridized carbons (Fsp3) is 0.318. The van der Waals surface area contributed by atoms with E-state index in [1.54, 1.807) is 24.0 Å². The lowest BCUT2D eigenvalue weighted by Crippen LogP contribution is -2.27. The zero-order valence-electron chi connectivity index (χ0n) is 17.9. The number of hydrogen-bond donors (Lipinski definition) is 1. The summed E-state index contributed by atoms with van der Waals surface area (Å²) in [6.45, 7) is 3.05. The topological polar surface area (TPSA) is 110 Å². The fourth-order valence-corrected chi connectivity index (χ4v) is 3.61. The Bertz CT molecular complexity index is 1170. The van der Waals surface area contributed by atoms with E-state index < -0.39 is 13.0 Å². The highest BCUT2D eigenvalue weighted by Gasteiger charge is 2.34. The van der Waals surface area contributed by atoms with E-state index in [0.29, 0.717) is 22.5 Å². The van der Waals surface area contributed by atoms with Crippen molar-refractivity contribution in [1.82, 2.24) is 19.9 Å². The Morgan fingerprint density at radius 1 is 1.30 bits per heavy atom. The quantitative estimate of drug-likeness (QED) is 0.552. The lowest BCUT2D eigenvalue weighted by Gasteiger charge is -2.25. The number of hydrogen-bond acceptors (Lipinski definition) is 7. The van der Waals surface area contributed by atoms with Crippen molar-refractivity contribution in [2.24, 2.45) is 0 Å². The molecule has 1 aliphatic heterocycles. The van der Waals surface area contributed by atoms with E-state index in [4.69, 9.17) is 9.15 Å². The first kappa shape index (κ1) is 22.3. The maximum Gasteiger partial charge on any atom is 0.272 e. The van der Waals surface area contributed by atoms with Crippen LogP contribution in [-0.4, -0.2) is 44.7 Å². The number of carbonyl (C=O) groups excluding carboxylic acids is 2. The summed E-state index contributed by atoms with van der Waals surface area (Å²) < 4.78 is 34.9. The molecule has 0 fully saturated rings. The number of nitrogens with zero attached hydrogens (tertiary/aromatic N) is 4. The highest BCUT2D eigenvalue weighted by molar-refractivity contribution is 6.01. The van der Waals surface area contributed by atoms with Crippen LogP contribution in [0.2, 0.25) is 0 Å². The van der Waals surface area contributed by atoms with Crippen molar-refractivity contribution in [3.8, 4) is 5.88 Å². The van der Waals surface area contributed by atoms with Gasteiger partial charge in [0.2, 0.25) is 17.7 Å². The van der Waals surface area contributed by atoms with Gasteiger partial charge in [-0.25, -0.2) is 23.7 Å². The summed E-state index contributed by atoms with van der Waals surface area (Å²) >= 11 is 0. The highest BCUT2D eigenvalue weighted by Crippen LogP contribution is 2.34. The Balaban J connectivity index is 1.49. The van der Waals surface area contributed by atoms with Crippen LogP contribution in [0, 0.1) is 6.92 Å². The molecule has 2 amide bonds. The Hall–Kier alpha value is -3.89. The molecule has 0 spiro atoms. The van der Waals surface area contributed by atoms with Crippen molar-refractivity contribution in [1.29, 1.82) is 0 Å². The minimum Gasteiger partial charge on any atom is -0.471 e. The molecule has 172 valence electrons. The van der Waals surface area contributed by atoms with Crippen LogP contribution >= 0.6 is 0 Å². The van der Waals surface area contributed by atoms with Gasteiger partial charge in [-0.15, -0.1) is 0 Å². The maximum atomic E-state index is 13.1. The molecule has 3 aromatic rings. The highest BCUT2D eigenvalue weighted by atomic mass is 19.3. The molecular formula is C22H21F2N5O4. The Morgan fingerprint density at radius 2 is 2.12 bits per heavy atom. The van der Waals surface area contributed by atoms with E-state index in [2.05, 4.69) is 20.3 Å². The number of anilines is 1. The second kappa shape index (κ2) is 9.31. The van der Waals surface area contributed by atoms with E-state index in [1.807, 2.05) is 6.92 Å². The minimum atomic E-state index is -2.59. The number of aromatic nitrogens is 3. The van der Waals surface area contributed by atoms with Crippen LogP contribution in [0.3, 0.4) is 0 Å². The maximum absolute atomic E-state index is 13.1. The molecule has 9 nitrogen and oxygen atoms in total. The van der Waals surface area contributed by atoms with Gasteiger partial charge >= 0.3 is 0 Å². The van der Waals surface area contributed by atoms with Gasteiger partial charge in [0.1, 0.15) is 18.5 Å². The summed E-state index contributed by atoms with van der Waals surface area (Å²) in [5, 5.41) is 2.72. The monoisotopic (exact) mass is 457 g/mol. The number of alkyl halides is 2. The number of pyridine rings is 2. The molecular weight excluding hydrogens is 436 g/mol. The minimum absolute atomic E-state index is 0.0582. The number of fused-ring (bicyclic) bond motifs is 1. The summed E-state index contributed by atoms with van der Waals surface area (Å²) in [6.07, 6.45) is 3.15. The van der Waals surface area contributed by atoms with Crippen LogP contribution in [0.4, 0.5) is 14.6 Å². The van der Waals surface area contributed by atoms with Crippen molar-refractivity contribution in [3.63, 3.8) is 0 Å². The Kier molecular flexibility index (Phi) is 6.29. The van der Waals surface area contributed by atoms with Gasteiger partial charge in [0.25, 0.3) is 12.3 Å². The predicted octanol–water partition coefficient (Wildman–Crippen LogP) is 3.32. The zero-order valence-corrected chi connectivity index (χ0v) is 17.9. The van der Waals surface area contributed by atoms with E-state index >= 15 is 0 Å². The van der Waals surface area contributed by atoms with Crippen LogP contribution in [-0.2, 0) is 17.8 Å². The van der Waals surface area contributed by atoms with E-state index in [-0.39, 0.29) is 42.6 Å². The van der Waals surface area contributed by atoms with Crippen LogP contribution in [0.15, 0.2) is 41.4 Å². The first-order chi connectivity index (χ1) is 15.8. The van der Waals surface area contributed by atoms with E-state index in [9.17, 15) is 18.4 Å². The molecule has 33 heavy (non-hydrogen) atoms. The molecule has 0 bridgehead atoms. The number of ether oxygens (including phenoxy) is 1. The van der Waals surface area contributed by atoms with Crippen molar-refractivity contribution in [2.75, 3.05) is 11.9 Å². The molecule has 1 unspecified atom stereocenters. The van der Waals surface area contributed by atoms with Gasteiger partial charge in [-0.05, 0) is 31.5 Å². The lowest BCUT2D eigenvalue weighted by atomic mass is 10.1. The standard InChI is InChI=1S/C22H21F2N5O4/c1-12-7-14(9-27-21(12)33-11-17(23)24)13(2)29-10-16-15(22(29)31)3-4-26-20(16)28-18(30)8-19-25-5-6-32-19/h3-7,9,13,17H,8,10-11H2,1-2H3,(H,26,28,30). The van der Waals surface area contributed by atoms with Gasteiger partial charge in [-0.3, -0.25) is 9.59 Å². The third kappa shape index (κ3) is 4.81. The van der Waals surface area contributed by atoms with Crippen molar-refractivity contribution < 1.29 is 27.5 Å². The molecule has 0 aromatic carbocycles. The third-order valence-electron chi connectivity index (χ3n) is 5.28. The van der Waals surface area contributed by atoms with Crippen LogP contribution in [0.1, 0.15) is 45.9 Å². The van der Waals surface area contributed by atoms with Crippen LogP contribution in [0.5, 0.6) is 5.88 Å². The summed E-state index contributed by atoms with van der Waals surface area (Å²) in [7, 11) is 0. The Morgan fingerprint density at radius 3 is 2.82 bits per heavy atom. The molecule has 3 aromatic heterocycles. The summed E-state index contributed by atoms with van der Waals surface area (Å²) in [6, 6.07) is 3.00. The molecule has 1 N–H and O–H groups in total. The average Bonchev–Trinajstić information content (AvgIpc) is 3.40. The molecule has 1 aliphatic rings. The zero-order chi connectivity index (χ0) is 23.5. The first-order valence-electron chi connectivity index (χ1n) is 10.2. The van der Waals surface area contributed by atoms with E-state index in [0.717, 1.165) is 5.56 Å². The van der Waals surface area contributed by atoms with Crippen molar-refractivity contribution >= 4 is 17.6 Å². The summed E-state index contributed by atoms with van der Waals surface area (Å²) in [5.74, 6) is 0.130. The fourth-order valence-electron chi connectivity index (χ4n) is 3.61. The first-order valence-corrected chi connectivity index (χ1v) is 10.2. The van der Waals surface area contributed by atoms with Crippen molar-refractivity contribution in [2.45, 2.75) is 39.3 Å². The number of amides is 2. The smallest absolute Gasteiger partial charge is 0.272 e. The molecule has 11 heteroatoms. The third-order valence-corrected chi connectivity index (χ3v) is 5.28. The molecule has 0 aliphatic carbocycles. The van der Waals surface area contributed by atoms with Crippen molar-refractivity contribution in [3.05, 3.63) is 65.1 Å². The second-order valence-corrected chi connectivity index (χ2v) is 7.54. The van der Waals surface area contributed by atoms with Gasteiger partial charge < -0.3 is 19.4 Å². The second-order valence-electron chi connectivity index (χ2n) is 7.54. The molecule has 0 saturated heterocycles. The molecule has 4 rings (SSSR count). The van der Waals surface area contributed by atoms with Gasteiger partial charge in [0.05, 0.1) is 18.8 Å². The summed E-state index contributed by atoms with van der Waals surface area (Å²) in [5.41, 5.74) is 2.37. The number of rotatable bonds is 8. The van der Waals surface area contributed by atoms with E-state index in [1.165, 1.54) is 24.9 Å². The van der Waals surface area contributed by atoms with Crippen LogP contribution < -0.4 is 10.1 Å². The van der Waals surface area contributed by atoms with Gasteiger partial charge in [-0.2, -0.15) is 0 Å². The van der Waals surface area contributed by atoms with Gasteiger partial charge in [0.15, 0.2) is 6.61 Å².